The van der Waals surface area contributed by atoms with Gasteiger partial charge < -0.3 is 4.98 Å². The molecule has 2 heterocycles. The molecule has 0 saturated heterocycles. The SMILES string of the molecule is I.c1c[nH]c(-c2cnccn2)c1. The largest absolute Gasteiger partial charge is 0.360 e. The summed E-state index contributed by atoms with van der Waals surface area (Å²) in [5.41, 5.74) is 1.87. The number of H-pyrrole nitrogens is 1. The zero-order valence-electron chi connectivity index (χ0n) is 6.27. The fraction of sp³-hybridized carbons (Fsp3) is 0. The topological polar surface area (TPSA) is 41.6 Å². The molecule has 0 aliphatic heterocycles. The molecule has 2 aromatic rings. The lowest BCUT2D eigenvalue weighted by Gasteiger charge is -1.92. The minimum Gasteiger partial charge on any atom is -0.360 e. The van der Waals surface area contributed by atoms with Gasteiger partial charge >= 0.3 is 0 Å². The molecule has 0 unspecified atom stereocenters. The lowest BCUT2D eigenvalue weighted by molar-refractivity contribution is 1.19. The van der Waals surface area contributed by atoms with E-state index in [0.717, 1.165) is 11.4 Å². The van der Waals surface area contributed by atoms with Gasteiger partial charge in [0.2, 0.25) is 0 Å². The van der Waals surface area contributed by atoms with Gasteiger partial charge in [0.15, 0.2) is 0 Å². The van der Waals surface area contributed by atoms with Crippen molar-refractivity contribution in [3.8, 4) is 11.4 Å². The van der Waals surface area contributed by atoms with Gasteiger partial charge in [-0.3, -0.25) is 9.97 Å². The molecule has 1 N–H and O–H groups in total. The summed E-state index contributed by atoms with van der Waals surface area (Å²) in [6.45, 7) is 0. The van der Waals surface area contributed by atoms with E-state index in [1.165, 1.54) is 0 Å². The van der Waals surface area contributed by atoms with Crippen LogP contribution in [-0.4, -0.2) is 15.0 Å². The van der Waals surface area contributed by atoms with Gasteiger partial charge in [0, 0.05) is 18.6 Å². The van der Waals surface area contributed by atoms with Crippen molar-refractivity contribution in [1.29, 1.82) is 0 Å². The lowest BCUT2D eigenvalue weighted by atomic mass is 10.3. The number of aromatic nitrogens is 3. The molecule has 0 aliphatic carbocycles. The smallest absolute Gasteiger partial charge is 0.105 e. The van der Waals surface area contributed by atoms with Gasteiger partial charge in [-0.15, -0.1) is 24.0 Å². The summed E-state index contributed by atoms with van der Waals surface area (Å²) in [4.78, 5) is 11.1. The number of hydrogen-bond acceptors (Lipinski definition) is 2. The first-order chi connectivity index (χ1) is 5.47. The zero-order chi connectivity index (χ0) is 7.52. The minimum absolute atomic E-state index is 0. The summed E-state index contributed by atoms with van der Waals surface area (Å²) in [6, 6.07) is 3.90. The predicted molar refractivity (Wildman–Crippen MR) is 57.2 cm³/mol. The molecular formula is C8H8IN3. The third kappa shape index (κ3) is 1.82. The van der Waals surface area contributed by atoms with Gasteiger partial charge in [-0.2, -0.15) is 0 Å². The Hall–Kier alpha value is -0.910. The molecule has 12 heavy (non-hydrogen) atoms. The number of hydrogen-bond donors (Lipinski definition) is 1. The second-order valence-electron chi connectivity index (χ2n) is 2.17. The van der Waals surface area contributed by atoms with Crippen molar-refractivity contribution in [1.82, 2.24) is 15.0 Å². The van der Waals surface area contributed by atoms with E-state index in [4.69, 9.17) is 0 Å². The maximum Gasteiger partial charge on any atom is 0.105 e. The molecule has 2 aromatic heterocycles. The summed E-state index contributed by atoms with van der Waals surface area (Å²) >= 11 is 0. The summed E-state index contributed by atoms with van der Waals surface area (Å²) in [5.74, 6) is 0. The predicted octanol–water partition coefficient (Wildman–Crippen LogP) is 2.09. The van der Waals surface area contributed by atoms with Gasteiger partial charge in [0.1, 0.15) is 5.69 Å². The summed E-state index contributed by atoms with van der Waals surface area (Å²) in [7, 11) is 0. The number of aromatic amines is 1. The Labute approximate surface area is 87.3 Å². The van der Waals surface area contributed by atoms with E-state index in [9.17, 15) is 0 Å². The molecule has 0 aliphatic rings. The molecule has 2 rings (SSSR count). The molecule has 0 spiro atoms. The van der Waals surface area contributed by atoms with Crippen molar-refractivity contribution < 1.29 is 0 Å². The van der Waals surface area contributed by atoms with Crippen molar-refractivity contribution in [2.45, 2.75) is 0 Å². The standard InChI is InChI=1S/C8H7N3.HI/c1-2-7(10-3-1)8-6-9-4-5-11-8;/h1-6,10H;1H. The summed E-state index contributed by atoms with van der Waals surface area (Å²) in [6.07, 6.45) is 6.93. The van der Waals surface area contributed by atoms with Gasteiger partial charge in [-0.1, -0.05) is 0 Å². The normalized spacial score (nSPS) is 9.00. The van der Waals surface area contributed by atoms with Crippen LogP contribution in [0.5, 0.6) is 0 Å². The van der Waals surface area contributed by atoms with Crippen molar-refractivity contribution in [3.63, 3.8) is 0 Å². The van der Waals surface area contributed by atoms with E-state index in [-0.39, 0.29) is 24.0 Å². The van der Waals surface area contributed by atoms with Crippen molar-refractivity contribution >= 4 is 24.0 Å². The first-order valence-electron chi connectivity index (χ1n) is 3.36. The number of nitrogens with one attached hydrogen (secondary N) is 1. The van der Waals surface area contributed by atoms with Crippen LogP contribution in [0.3, 0.4) is 0 Å². The maximum absolute atomic E-state index is 4.13. The molecule has 0 aromatic carbocycles. The van der Waals surface area contributed by atoms with E-state index in [1.807, 2.05) is 18.3 Å². The molecule has 0 atom stereocenters. The van der Waals surface area contributed by atoms with Crippen molar-refractivity contribution in [3.05, 3.63) is 36.9 Å². The fourth-order valence-electron chi connectivity index (χ4n) is 0.928. The third-order valence-electron chi connectivity index (χ3n) is 1.44. The monoisotopic (exact) mass is 273 g/mol. The van der Waals surface area contributed by atoms with Crippen LogP contribution in [0.15, 0.2) is 36.9 Å². The van der Waals surface area contributed by atoms with E-state index >= 15 is 0 Å². The van der Waals surface area contributed by atoms with Crippen LogP contribution in [0, 0.1) is 0 Å². The number of nitrogens with zero attached hydrogens (tertiary/aromatic N) is 2. The van der Waals surface area contributed by atoms with Crippen molar-refractivity contribution in [2.24, 2.45) is 0 Å². The third-order valence-corrected chi connectivity index (χ3v) is 1.44. The maximum atomic E-state index is 4.13. The van der Waals surface area contributed by atoms with E-state index in [2.05, 4.69) is 15.0 Å². The van der Waals surface area contributed by atoms with Gasteiger partial charge in [0.25, 0.3) is 0 Å². The number of halogens is 1. The first-order valence-corrected chi connectivity index (χ1v) is 3.36. The Kier molecular flexibility index (Phi) is 3.21. The highest BCUT2D eigenvalue weighted by Crippen LogP contribution is 2.10. The summed E-state index contributed by atoms with van der Waals surface area (Å²) < 4.78 is 0. The van der Waals surface area contributed by atoms with Gasteiger partial charge in [0.05, 0.1) is 11.9 Å². The average molecular weight is 273 g/mol. The number of rotatable bonds is 1. The van der Waals surface area contributed by atoms with Crippen LogP contribution in [0.4, 0.5) is 0 Å². The van der Waals surface area contributed by atoms with Crippen LogP contribution < -0.4 is 0 Å². The Morgan fingerprint density at radius 1 is 1.25 bits per heavy atom. The molecule has 0 radical (unpaired) electrons. The van der Waals surface area contributed by atoms with Crippen LogP contribution in [0.2, 0.25) is 0 Å². The molecule has 0 fully saturated rings. The molecule has 0 amide bonds. The van der Waals surface area contributed by atoms with Gasteiger partial charge in [-0.05, 0) is 12.1 Å². The molecule has 0 bridgehead atoms. The van der Waals surface area contributed by atoms with Crippen molar-refractivity contribution in [2.75, 3.05) is 0 Å². The minimum atomic E-state index is 0. The fourth-order valence-corrected chi connectivity index (χ4v) is 0.928. The highest BCUT2D eigenvalue weighted by molar-refractivity contribution is 14.0. The molecule has 0 saturated carbocycles. The van der Waals surface area contributed by atoms with E-state index in [1.54, 1.807) is 18.6 Å². The van der Waals surface area contributed by atoms with E-state index < -0.39 is 0 Å². The van der Waals surface area contributed by atoms with Crippen LogP contribution in [0.25, 0.3) is 11.4 Å². The molecule has 3 nitrogen and oxygen atoms in total. The Bertz CT molecular complexity index is 317. The zero-order valence-corrected chi connectivity index (χ0v) is 8.60. The summed E-state index contributed by atoms with van der Waals surface area (Å²) in [5, 5.41) is 0. The second kappa shape index (κ2) is 4.20. The Morgan fingerprint density at radius 2 is 2.17 bits per heavy atom. The first kappa shape index (κ1) is 9.18. The van der Waals surface area contributed by atoms with Crippen LogP contribution in [-0.2, 0) is 0 Å². The van der Waals surface area contributed by atoms with Gasteiger partial charge in [-0.25, -0.2) is 0 Å². The van der Waals surface area contributed by atoms with Crippen LogP contribution >= 0.6 is 24.0 Å². The van der Waals surface area contributed by atoms with E-state index in [0.29, 0.717) is 0 Å². The lowest BCUT2D eigenvalue weighted by Crippen LogP contribution is -1.82. The average Bonchev–Trinajstić information content (AvgIpc) is 2.58. The Morgan fingerprint density at radius 3 is 2.75 bits per heavy atom. The molecular weight excluding hydrogens is 265 g/mol. The van der Waals surface area contributed by atoms with Crippen LogP contribution in [0.1, 0.15) is 0 Å². The Balaban J connectivity index is 0.000000720. The highest BCUT2D eigenvalue weighted by Gasteiger charge is 1.95. The quantitative estimate of drug-likeness (QED) is 0.808. The molecule has 4 heteroatoms. The molecule has 62 valence electrons. The highest BCUT2D eigenvalue weighted by atomic mass is 127. The second-order valence-corrected chi connectivity index (χ2v) is 2.17.